The Morgan fingerprint density at radius 2 is 1.94 bits per heavy atom. The van der Waals surface area contributed by atoms with E-state index in [0.717, 1.165) is 18.9 Å². The largest absolute Gasteiger partial charge is 0.481 e. The molecule has 0 bridgehead atoms. The molecule has 1 rings (SSSR count). The molecule has 2 unspecified atom stereocenters. The van der Waals surface area contributed by atoms with E-state index in [0.29, 0.717) is 11.5 Å². The molecule has 1 saturated carbocycles. The molecular formula is C15H29NO2. The number of hydrogen-bond acceptors (Lipinski definition) is 2. The van der Waals surface area contributed by atoms with Gasteiger partial charge in [-0.05, 0) is 50.0 Å². The minimum absolute atomic E-state index is 0.282. The molecule has 0 heterocycles. The maximum atomic E-state index is 10.4. The van der Waals surface area contributed by atoms with E-state index in [9.17, 15) is 4.79 Å². The normalized spacial score (nSPS) is 25.7. The van der Waals surface area contributed by atoms with Crippen LogP contribution in [-0.2, 0) is 4.79 Å². The summed E-state index contributed by atoms with van der Waals surface area (Å²) in [7, 11) is 0. The number of aliphatic carboxylic acids is 1. The molecule has 106 valence electrons. The summed E-state index contributed by atoms with van der Waals surface area (Å²) in [5.41, 5.74) is 0.429. The molecule has 2 N–H and O–H groups in total. The molecule has 0 aliphatic heterocycles. The van der Waals surface area contributed by atoms with Crippen molar-refractivity contribution in [1.82, 2.24) is 5.32 Å². The standard InChI is InChI=1S/C15H29NO2/c1-15(2,3)12-6-4-7-13(10-9-12)16-11-5-8-14(17)18/h12-13,16H,4-11H2,1-3H3,(H,17,18). The van der Waals surface area contributed by atoms with Crippen molar-refractivity contribution in [3.8, 4) is 0 Å². The van der Waals surface area contributed by atoms with Gasteiger partial charge < -0.3 is 10.4 Å². The van der Waals surface area contributed by atoms with Gasteiger partial charge in [-0.3, -0.25) is 4.79 Å². The third kappa shape index (κ3) is 5.85. The Kier molecular flexibility index (Phi) is 6.13. The van der Waals surface area contributed by atoms with Crippen molar-refractivity contribution in [3.05, 3.63) is 0 Å². The number of hydrogen-bond donors (Lipinski definition) is 2. The second-order valence-electron chi connectivity index (χ2n) is 6.72. The molecule has 1 aliphatic carbocycles. The van der Waals surface area contributed by atoms with Crippen molar-refractivity contribution in [2.24, 2.45) is 11.3 Å². The van der Waals surface area contributed by atoms with Crippen LogP contribution in [0.25, 0.3) is 0 Å². The maximum Gasteiger partial charge on any atom is 0.303 e. The molecule has 0 saturated heterocycles. The third-order valence-corrected chi connectivity index (χ3v) is 4.19. The summed E-state index contributed by atoms with van der Waals surface area (Å²) < 4.78 is 0. The smallest absolute Gasteiger partial charge is 0.303 e. The number of nitrogens with one attached hydrogen (secondary N) is 1. The molecule has 0 aromatic heterocycles. The SMILES string of the molecule is CC(C)(C)C1CCCC(NCCCC(=O)O)CC1. The fourth-order valence-corrected chi connectivity index (χ4v) is 2.92. The highest BCUT2D eigenvalue weighted by Gasteiger charge is 2.27. The number of carbonyl (C=O) groups is 1. The van der Waals surface area contributed by atoms with Crippen LogP contribution in [0.1, 0.15) is 65.7 Å². The Labute approximate surface area is 111 Å². The maximum absolute atomic E-state index is 10.4. The van der Waals surface area contributed by atoms with Crippen LogP contribution in [0.3, 0.4) is 0 Å². The summed E-state index contributed by atoms with van der Waals surface area (Å²) in [5.74, 6) is 0.147. The van der Waals surface area contributed by atoms with Gasteiger partial charge in [0.25, 0.3) is 0 Å². The van der Waals surface area contributed by atoms with E-state index in [1.807, 2.05) is 0 Å². The lowest BCUT2D eigenvalue weighted by Crippen LogP contribution is -2.30. The quantitative estimate of drug-likeness (QED) is 0.584. The van der Waals surface area contributed by atoms with Gasteiger partial charge >= 0.3 is 5.97 Å². The Hall–Kier alpha value is -0.570. The number of carboxylic acids is 1. The summed E-state index contributed by atoms with van der Waals surface area (Å²) in [5, 5.41) is 12.1. The summed E-state index contributed by atoms with van der Waals surface area (Å²) >= 11 is 0. The lowest BCUT2D eigenvalue weighted by Gasteiger charge is -2.29. The van der Waals surface area contributed by atoms with Crippen molar-refractivity contribution in [2.45, 2.75) is 71.8 Å². The lowest BCUT2D eigenvalue weighted by molar-refractivity contribution is -0.137. The van der Waals surface area contributed by atoms with Gasteiger partial charge in [-0.15, -0.1) is 0 Å². The van der Waals surface area contributed by atoms with Gasteiger partial charge in [0.2, 0.25) is 0 Å². The average molecular weight is 255 g/mol. The predicted molar refractivity (Wildman–Crippen MR) is 74.7 cm³/mol. The molecule has 3 nitrogen and oxygen atoms in total. The van der Waals surface area contributed by atoms with Gasteiger partial charge in [0.15, 0.2) is 0 Å². The van der Waals surface area contributed by atoms with Gasteiger partial charge in [-0.2, -0.15) is 0 Å². The van der Waals surface area contributed by atoms with Crippen molar-refractivity contribution < 1.29 is 9.90 Å². The van der Waals surface area contributed by atoms with Crippen LogP contribution in [0.4, 0.5) is 0 Å². The third-order valence-electron chi connectivity index (χ3n) is 4.19. The van der Waals surface area contributed by atoms with Crippen LogP contribution in [0, 0.1) is 11.3 Å². The van der Waals surface area contributed by atoms with Gasteiger partial charge in [0, 0.05) is 12.5 Å². The van der Waals surface area contributed by atoms with E-state index in [-0.39, 0.29) is 6.42 Å². The fourth-order valence-electron chi connectivity index (χ4n) is 2.92. The second-order valence-corrected chi connectivity index (χ2v) is 6.72. The van der Waals surface area contributed by atoms with E-state index < -0.39 is 5.97 Å². The molecule has 0 aromatic rings. The highest BCUT2D eigenvalue weighted by molar-refractivity contribution is 5.66. The van der Waals surface area contributed by atoms with Gasteiger partial charge in [-0.25, -0.2) is 0 Å². The highest BCUT2D eigenvalue weighted by atomic mass is 16.4. The molecule has 0 amide bonds. The number of carboxylic acid groups (broad SMARTS) is 1. The van der Waals surface area contributed by atoms with E-state index in [1.54, 1.807) is 0 Å². The minimum atomic E-state index is -0.689. The summed E-state index contributed by atoms with van der Waals surface area (Å²) in [4.78, 5) is 10.4. The van der Waals surface area contributed by atoms with Crippen LogP contribution >= 0.6 is 0 Å². The van der Waals surface area contributed by atoms with Gasteiger partial charge in [0.05, 0.1) is 0 Å². The molecule has 1 fully saturated rings. The molecule has 0 spiro atoms. The molecule has 3 heteroatoms. The van der Waals surface area contributed by atoms with E-state index in [2.05, 4.69) is 26.1 Å². The molecule has 2 atom stereocenters. The zero-order chi connectivity index (χ0) is 13.6. The summed E-state index contributed by atoms with van der Waals surface area (Å²) in [6.07, 6.45) is 7.48. The van der Waals surface area contributed by atoms with Crippen molar-refractivity contribution in [1.29, 1.82) is 0 Å². The highest BCUT2D eigenvalue weighted by Crippen LogP contribution is 2.36. The van der Waals surface area contributed by atoms with Crippen LogP contribution in [-0.4, -0.2) is 23.7 Å². The molecule has 0 radical (unpaired) electrons. The first-order chi connectivity index (χ1) is 8.39. The van der Waals surface area contributed by atoms with E-state index in [4.69, 9.17) is 5.11 Å². The lowest BCUT2D eigenvalue weighted by atomic mass is 9.76. The zero-order valence-electron chi connectivity index (χ0n) is 12.2. The Morgan fingerprint density at radius 3 is 2.56 bits per heavy atom. The Balaban J connectivity index is 2.23. The minimum Gasteiger partial charge on any atom is -0.481 e. The van der Waals surface area contributed by atoms with Crippen LogP contribution in [0.5, 0.6) is 0 Å². The first kappa shape index (κ1) is 15.5. The zero-order valence-corrected chi connectivity index (χ0v) is 12.2. The van der Waals surface area contributed by atoms with Gasteiger partial charge in [0.1, 0.15) is 0 Å². The predicted octanol–water partition coefficient (Wildman–Crippen LogP) is 3.44. The van der Waals surface area contributed by atoms with E-state index in [1.165, 1.54) is 32.1 Å². The molecule has 18 heavy (non-hydrogen) atoms. The van der Waals surface area contributed by atoms with Gasteiger partial charge in [-0.1, -0.05) is 27.2 Å². The van der Waals surface area contributed by atoms with Crippen LogP contribution in [0.15, 0.2) is 0 Å². The molecule has 1 aliphatic rings. The first-order valence-corrected chi connectivity index (χ1v) is 7.35. The first-order valence-electron chi connectivity index (χ1n) is 7.35. The summed E-state index contributed by atoms with van der Waals surface area (Å²) in [6.45, 7) is 7.88. The van der Waals surface area contributed by atoms with Crippen molar-refractivity contribution >= 4 is 5.97 Å². The van der Waals surface area contributed by atoms with Crippen molar-refractivity contribution in [3.63, 3.8) is 0 Å². The monoisotopic (exact) mass is 255 g/mol. The fraction of sp³-hybridized carbons (Fsp3) is 0.933. The van der Waals surface area contributed by atoms with Crippen LogP contribution in [0.2, 0.25) is 0 Å². The Bertz CT molecular complexity index is 258. The second kappa shape index (κ2) is 7.13. The number of rotatable bonds is 5. The summed E-state index contributed by atoms with van der Waals surface area (Å²) in [6, 6.07) is 0.603. The molecule has 0 aromatic carbocycles. The topological polar surface area (TPSA) is 49.3 Å². The molecular weight excluding hydrogens is 226 g/mol. The van der Waals surface area contributed by atoms with Crippen LogP contribution < -0.4 is 5.32 Å². The average Bonchev–Trinajstić information content (AvgIpc) is 2.48. The van der Waals surface area contributed by atoms with E-state index >= 15 is 0 Å². The Morgan fingerprint density at radius 1 is 1.22 bits per heavy atom. The van der Waals surface area contributed by atoms with Crippen molar-refractivity contribution in [2.75, 3.05) is 6.54 Å².